The van der Waals surface area contributed by atoms with Crippen molar-refractivity contribution in [3.63, 3.8) is 0 Å². The number of aromatic nitrogens is 2. The van der Waals surface area contributed by atoms with E-state index in [4.69, 9.17) is 4.52 Å². The smallest absolute Gasteiger partial charge is 0.315 e. The highest BCUT2D eigenvalue weighted by atomic mass is 16.5. The van der Waals surface area contributed by atoms with Crippen LogP contribution in [0.1, 0.15) is 54.2 Å². The number of hydrogen-bond acceptors (Lipinski definition) is 5. The minimum absolute atomic E-state index is 0.0208. The molecule has 1 saturated carbocycles. The Bertz CT molecular complexity index is 708. The molecular weight excluding hydrogens is 320 g/mol. The van der Waals surface area contributed by atoms with Gasteiger partial charge in [0, 0.05) is 12.6 Å². The zero-order valence-electron chi connectivity index (χ0n) is 14.0. The van der Waals surface area contributed by atoms with E-state index in [9.17, 15) is 9.59 Å². The molecule has 0 spiro atoms. The first-order valence-electron chi connectivity index (χ1n) is 8.65. The fraction of sp³-hybridized carbons (Fsp3) is 0.444. The number of carbonyl (C=O) groups excluding carboxylic acids is 2. The fourth-order valence-corrected chi connectivity index (χ4v) is 2.91. The molecule has 25 heavy (non-hydrogen) atoms. The van der Waals surface area contributed by atoms with Gasteiger partial charge in [-0.25, -0.2) is 0 Å². The first-order valence-corrected chi connectivity index (χ1v) is 8.65. The molecular formula is C18H22N4O3. The Kier molecular flexibility index (Phi) is 5.77. The molecule has 132 valence electrons. The molecule has 7 nitrogen and oxygen atoms in total. The van der Waals surface area contributed by atoms with Crippen molar-refractivity contribution < 1.29 is 14.1 Å². The molecule has 0 radical (unpaired) electrons. The van der Waals surface area contributed by atoms with Crippen LogP contribution in [-0.4, -0.2) is 28.0 Å². The van der Waals surface area contributed by atoms with Gasteiger partial charge in [0.2, 0.25) is 5.91 Å². The number of carbonyl (C=O) groups is 2. The van der Waals surface area contributed by atoms with E-state index in [1.165, 1.54) is 6.42 Å². The van der Waals surface area contributed by atoms with E-state index in [0.29, 0.717) is 6.54 Å². The van der Waals surface area contributed by atoms with Crippen molar-refractivity contribution in [1.82, 2.24) is 20.8 Å². The van der Waals surface area contributed by atoms with Crippen LogP contribution in [0.25, 0.3) is 0 Å². The molecule has 1 aliphatic rings. The molecule has 2 aromatic rings. The summed E-state index contributed by atoms with van der Waals surface area (Å²) in [6.07, 6.45) is 5.41. The molecule has 7 heteroatoms. The predicted octanol–water partition coefficient (Wildman–Crippen LogP) is 1.99. The summed E-state index contributed by atoms with van der Waals surface area (Å²) in [5, 5.41) is 9.42. The molecule has 1 heterocycles. The zero-order chi connectivity index (χ0) is 17.5. The molecule has 0 saturated heterocycles. The van der Waals surface area contributed by atoms with E-state index in [1.807, 2.05) is 30.3 Å². The van der Waals surface area contributed by atoms with Gasteiger partial charge in [-0.2, -0.15) is 4.98 Å². The van der Waals surface area contributed by atoms with Crippen molar-refractivity contribution in [2.45, 2.75) is 51.1 Å². The Morgan fingerprint density at radius 1 is 1.12 bits per heavy atom. The largest absolute Gasteiger partial charge is 0.352 e. The number of nitrogens with one attached hydrogen (secondary N) is 2. The Morgan fingerprint density at radius 2 is 1.88 bits per heavy atom. The molecule has 0 bridgehead atoms. The number of amides is 2. The van der Waals surface area contributed by atoms with Gasteiger partial charge in [0.15, 0.2) is 5.82 Å². The molecule has 2 amide bonds. The number of benzene rings is 1. The van der Waals surface area contributed by atoms with Crippen molar-refractivity contribution in [1.29, 1.82) is 0 Å². The van der Waals surface area contributed by atoms with Crippen molar-refractivity contribution in [3.8, 4) is 0 Å². The lowest BCUT2D eigenvalue weighted by Gasteiger charge is -2.21. The number of rotatable bonds is 6. The second kappa shape index (κ2) is 8.41. The minimum atomic E-state index is -0.365. The van der Waals surface area contributed by atoms with Crippen LogP contribution >= 0.6 is 0 Å². The minimum Gasteiger partial charge on any atom is -0.352 e. The van der Waals surface area contributed by atoms with Crippen LogP contribution in [0.5, 0.6) is 0 Å². The fourth-order valence-electron chi connectivity index (χ4n) is 2.91. The molecule has 1 aromatic heterocycles. The van der Waals surface area contributed by atoms with Crippen LogP contribution in [0.4, 0.5) is 0 Å². The highest BCUT2D eigenvalue weighted by molar-refractivity contribution is 5.89. The van der Waals surface area contributed by atoms with Gasteiger partial charge in [0.25, 0.3) is 0 Å². The van der Waals surface area contributed by atoms with Gasteiger partial charge in [0.1, 0.15) is 0 Å². The lowest BCUT2D eigenvalue weighted by molar-refractivity contribution is -0.120. The monoisotopic (exact) mass is 342 g/mol. The summed E-state index contributed by atoms with van der Waals surface area (Å²) >= 11 is 0. The van der Waals surface area contributed by atoms with Gasteiger partial charge < -0.3 is 15.2 Å². The Hall–Kier alpha value is -2.70. The second-order valence-electron chi connectivity index (χ2n) is 6.26. The Balaban J connectivity index is 1.47. The van der Waals surface area contributed by atoms with E-state index in [-0.39, 0.29) is 36.0 Å². The van der Waals surface area contributed by atoms with E-state index in [2.05, 4.69) is 20.8 Å². The summed E-state index contributed by atoms with van der Waals surface area (Å²) in [5.74, 6) is -0.463. The summed E-state index contributed by atoms with van der Waals surface area (Å²) < 4.78 is 4.98. The first kappa shape index (κ1) is 17.1. The standard InChI is InChI=1S/C18H22N4O3/c23-16(19-12-13-7-3-1-4-8-13)11-15-21-18(25-22-15)17(24)20-14-9-5-2-6-10-14/h1,3-4,7-8,14H,2,5-6,9-12H2,(H,19,23)(H,20,24). The first-order chi connectivity index (χ1) is 12.2. The summed E-state index contributed by atoms with van der Waals surface area (Å²) in [5.41, 5.74) is 1.01. The third-order valence-corrected chi connectivity index (χ3v) is 4.25. The summed E-state index contributed by atoms with van der Waals surface area (Å²) in [7, 11) is 0. The third-order valence-electron chi connectivity index (χ3n) is 4.25. The maximum atomic E-state index is 12.1. The molecule has 0 aliphatic heterocycles. The lowest BCUT2D eigenvalue weighted by Crippen LogP contribution is -2.36. The third kappa shape index (κ3) is 5.14. The molecule has 1 aliphatic carbocycles. The van der Waals surface area contributed by atoms with E-state index in [0.717, 1.165) is 31.2 Å². The predicted molar refractivity (Wildman–Crippen MR) is 90.6 cm³/mol. The van der Waals surface area contributed by atoms with Crippen molar-refractivity contribution in [2.24, 2.45) is 0 Å². The SMILES string of the molecule is O=C(Cc1noc(C(=O)NC2CCCCC2)n1)NCc1ccccc1. The highest BCUT2D eigenvalue weighted by Crippen LogP contribution is 2.17. The zero-order valence-corrected chi connectivity index (χ0v) is 14.0. The van der Waals surface area contributed by atoms with E-state index >= 15 is 0 Å². The second-order valence-corrected chi connectivity index (χ2v) is 6.26. The molecule has 1 aromatic carbocycles. The average molecular weight is 342 g/mol. The molecule has 0 atom stereocenters. The summed E-state index contributed by atoms with van der Waals surface area (Å²) in [6, 6.07) is 9.79. The summed E-state index contributed by atoms with van der Waals surface area (Å²) in [4.78, 5) is 28.1. The number of nitrogens with zero attached hydrogens (tertiary/aromatic N) is 2. The van der Waals surface area contributed by atoms with Crippen LogP contribution in [0, 0.1) is 0 Å². The van der Waals surface area contributed by atoms with Gasteiger partial charge >= 0.3 is 11.8 Å². The van der Waals surface area contributed by atoms with Gasteiger partial charge in [0.05, 0.1) is 6.42 Å². The van der Waals surface area contributed by atoms with Crippen molar-refractivity contribution in [3.05, 3.63) is 47.6 Å². The van der Waals surface area contributed by atoms with Crippen molar-refractivity contribution in [2.75, 3.05) is 0 Å². The van der Waals surface area contributed by atoms with Crippen LogP contribution in [0.3, 0.4) is 0 Å². The highest BCUT2D eigenvalue weighted by Gasteiger charge is 2.21. The van der Waals surface area contributed by atoms with Crippen LogP contribution in [-0.2, 0) is 17.8 Å². The quantitative estimate of drug-likeness (QED) is 0.837. The van der Waals surface area contributed by atoms with Gasteiger partial charge in [-0.05, 0) is 18.4 Å². The maximum absolute atomic E-state index is 12.1. The maximum Gasteiger partial charge on any atom is 0.315 e. The Morgan fingerprint density at radius 3 is 2.64 bits per heavy atom. The van der Waals surface area contributed by atoms with E-state index in [1.54, 1.807) is 0 Å². The Labute approximate surface area is 146 Å². The van der Waals surface area contributed by atoms with Crippen LogP contribution in [0.2, 0.25) is 0 Å². The van der Waals surface area contributed by atoms with Crippen LogP contribution < -0.4 is 10.6 Å². The van der Waals surface area contributed by atoms with Crippen molar-refractivity contribution >= 4 is 11.8 Å². The van der Waals surface area contributed by atoms with Gasteiger partial charge in [-0.15, -0.1) is 0 Å². The molecule has 3 rings (SSSR count). The normalized spacial score (nSPS) is 14.9. The lowest BCUT2D eigenvalue weighted by atomic mass is 9.95. The average Bonchev–Trinajstić information content (AvgIpc) is 3.10. The topological polar surface area (TPSA) is 97.1 Å². The van der Waals surface area contributed by atoms with Gasteiger partial charge in [-0.1, -0.05) is 54.8 Å². The molecule has 1 fully saturated rings. The molecule has 0 unspecified atom stereocenters. The molecule has 2 N–H and O–H groups in total. The van der Waals surface area contributed by atoms with Gasteiger partial charge in [-0.3, -0.25) is 9.59 Å². The summed E-state index contributed by atoms with van der Waals surface area (Å²) in [6.45, 7) is 0.437. The number of hydrogen-bond donors (Lipinski definition) is 2. The van der Waals surface area contributed by atoms with E-state index < -0.39 is 0 Å². The van der Waals surface area contributed by atoms with Crippen LogP contribution in [0.15, 0.2) is 34.9 Å².